The monoisotopic (exact) mass is 225 g/mol. The second-order valence-electron chi connectivity index (χ2n) is 3.92. The van der Waals surface area contributed by atoms with Crippen LogP contribution in [0.2, 0.25) is 0 Å². The molecular formula is C10H11NO3S. The first-order valence-electron chi connectivity index (χ1n) is 4.80. The van der Waals surface area contributed by atoms with E-state index in [4.69, 9.17) is 0 Å². The molecule has 0 aromatic carbocycles. The minimum Gasteiger partial charge on any atom is -0.388 e. The van der Waals surface area contributed by atoms with Gasteiger partial charge in [-0.15, -0.1) is 11.3 Å². The van der Waals surface area contributed by atoms with Crippen LogP contribution < -0.4 is 0 Å². The molecule has 4 nitrogen and oxygen atoms in total. The summed E-state index contributed by atoms with van der Waals surface area (Å²) in [6.07, 6.45) is 1.01. The van der Waals surface area contributed by atoms with E-state index in [0.717, 1.165) is 16.3 Å². The van der Waals surface area contributed by atoms with Crippen molar-refractivity contribution in [1.82, 2.24) is 4.98 Å². The van der Waals surface area contributed by atoms with Crippen molar-refractivity contribution in [3.05, 3.63) is 15.6 Å². The molecule has 2 heterocycles. The van der Waals surface area contributed by atoms with E-state index < -0.39 is 11.9 Å². The van der Waals surface area contributed by atoms with Gasteiger partial charge < -0.3 is 4.74 Å². The van der Waals surface area contributed by atoms with Crippen molar-refractivity contribution < 1.29 is 14.3 Å². The number of carbonyl (C=O) groups excluding carboxylic acids is 2. The van der Waals surface area contributed by atoms with E-state index in [1.807, 2.05) is 0 Å². The molecule has 1 aromatic rings. The third kappa shape index (κ3) is 2.07. The lowest BCUT2D eigenvalue weighted by Gasteiger charge is -2.06. The predicted molar refractivity (Wildman–Crippen MR) is 54.8 cm³/mol. The van der Waals surface area contributed by atoms with Crippen LogP contribution in [-0.4, -0.2) is 16.9 Å². The van der Waals surface area contributed by atoms with Gasteiger partial charge in [-0.05, 0) is 5.92 Å². The Morgan fingerprint density at radius 2 is 2.20 bits per heavy atom. The lowest BCUT2D eigenvalue weighted by atomic mass is 10.1. The molecule has 0 saturated carbocycles. The van der Waals surface area contributed by atoms with Crippen molar-refractivity contribution in [2.75, 3.05) is 0 Å². The van der Waals surface area contributed by atoms with Gasteiger partial charge in [-0.1, -0.05) is 13.8 Å². The van der Waals surface area contributed by atoms with Crippen molar-refractivity contribution >= 4 is 23.3 Å². The van der Waals surface area contributed by atoms with E-state index in [9.17, 15) is 9.59 Å². The third-order valence-electron chi connectivity index (χ3n) is 2.03. The largest absolute Gasteiger partial charge is 0.388 e. The molecule has 15 heavy (non-hydrogen) atoms. The molecule has 5 heteroatoms. The second kappa shape index (κ2) is 3.73. The summed E-state index contributed by atoms with van der Waals surface area (Å²) in [4.78, 5) is 27.2. The van der Waals surface area contributed by atoms with Crippen LogP contribution in [0.4, 0.5) is 0 Å². The summed E-state index contributed by atoms with van der Waals surface area (Å²) in [6.45, 7) is 4.17. The zero-order valence-electron chi connectivity index (χ0n) is 8.57. The smallest absolute Gasteiger partial charge is 0.365 e. The fourth-order valence-corrected chi connectivity index (χ4v) is 2.69. The molecule has 1 aliphatic rings. The second-order valence-corrected chi connectivity index (χ2v) is 5.08. The van der Waals surface area contributed by atoms with Crippen LogP contribution in [0.25, 0.3) is 0 Å². The summed E-state index contributed by atoms with van der Waals surface area (Å²) >= 11 is 1.44. The zero-order valence-corrected chi connectivity index (χ0v) is 9.39. The van der Waals surface area contributed by atoms with E-state index in [1.54, 1.807) is 0 Å². The molecule has 0 amide bonds. The molecule has 0 radical (unpaired) electrons. The zero-order chi connectivity index (χ0) is 11.0. The number of fused-ring (bicyclic) bond motifs is 1. The molecule has 0 unspecified atom stereocenters. The minimum absolute atomic E-state index is 0.177. The predicted octanol–water partition coefficient (Wildman–Crippen LogP) is 1.58. The standard InChI is InChI=1S/C10H11NO3S/c1-5(2)3-7-11-9-6(15-7)4-8(12)14-10(9)13/h5H,3-4H2,1-2H3. The Hall–Kier alpha value is -1.23. The Kier molecular flexibility index (Phi) is 2.56. The molecule has 0 N–H and O–H groups in total. The average Bonchev–Trinajstić information content (AvgIpc) is 2.45. The number of rotatable bonds is 2. The molecule has 0 fully saturated rings. The summed E-state index contributed by atoms with van der Waals surface area (Å²) in [5.41, 5.74) is 0.329. The highest BCUT2D eigenvalue weighted by atomic mass is 32.1. The summed E-state index contributed by atoms with van der Waals surface area (Å²) in [6, 6.07) is 0. The van der Waals surface area contributed by atoms with Crippen molar-refractivity contribution in [1.29, 1.82) is 0 Å². The van der Waals surface area contributed by atoms with Gasteiger partial charge in [0.2, 0.25) is 0 Å². The number of aromatic nitrogens is 1. The van der Waals surface area contributed by atoms with Gasteiger partial charge in [0.15, 0.2) is 5.69 Å². The van der Waals surface area contributed by atoms with Crippen LogP contribution in [0.5, 0.6) is 0 Å². The van der Waals surface area contributed by atoms with Crippen LogP contribution in [0.3, 0.4) is 0 Å². The highest BCUT2D eigenvalue weighted by molar-refractivity contribution is 7.12. The molecule has 0 aliphatic carbocycles. The molecule has 2 rings (SSSR count). The summed E-state index contributed by atoms with van der Waals surface area (Å²) in [5.74, 6) is -0.593. The molecule has 0 bridgehead atoms. The summed E-state index contributed by atoms with van der Waals surface area (Å²) in [7, 11) is 0. The molecule has 0 spiro atoms. The topological polar surface area (TPSA) is 56.3 Å². The lowest BCUT2D eigenvalue weighted by Crippen LogP contribution is -2.21. The Morgan fingerprint density at radius 3 is 2.87 bits per heavy atom. The van der Waals surface area contributed by atoms with Crippen LogP contribution >= 0.6 is 11.3 Å². The first kappa shape index (κ1) is 10.3. The van der Waals surface area contributed by atoms with Gasteiger partial charge >= 0.3 is 11.9 Å². The molecule has 1 aromatic heterocycles. The van der Waals surface area contributed by atoms with Gasteiger partial charge in [0.05, 0.1) is 16.3 Å². The molecule has 0 saturated heterocycles. The van der Waals surface area contributed by atoms with Crippen LogP contribution in [0.1, 0.15) is 34.2 Å². The molecular weight excluding hydrogens is 214 g/mol. The van der Waals surface area contributed by atoms with E-state index in [2.05, 4.69) is 23.6 Å². The van der Waals surface area contributed by atoms with Gasteiger partial charge in [0.25, 0.3) is 0 Å². The normalized spacial score (nSPS) is 15.4. The average molecular weight is 225 g/mol. The Labute approximate surface area is 91.3 Å². The van der Waals surface area contributed by atoms with E-state index >= 15 is 0 Å². The van der Waals surface area contributed by atoms with Gasteiger partial charge in [-0.25, -0.2) is 9.78 Å². The number of nitrogens with zero attached hydrogens (tertiary/aromatic N) is 1. The number of ether oxygens (including phenoxy) is 1. The van der Waals surface area contributed by atoms with Crippen LogP contribution in [0.15, 0.2) is 0 Å². The van der Waals surface area contributed by atoms with Gasteiger partial charge in [0.1, 0.15) is 0 Å². The maximum Gasteiger partial charge on any atom is 0.365 e. The number of esters is 2. The van der Waals surface area contributed by atoms with Crippen LogP contribution in [0, 0.1) is 5.92 Å². The van der Waals surface area contributed by atoms with Gasteiger partial charge in [-0.2, -0.15) is 0 Å². The Balaban J connectivity index is 2.30. The summed E-state index contributed by atoms with van der Waals surface area (Å²) in [5, 5.41) is 0.904. The number of hydrogen-bond donors (Lipinski definition) is 0. The molecule has 1 aliphatic heterocycles. The molecule has 0 atom stereocenters. The maximum absolute atomic E-state index is 11.3. The van der Waals surface area contributed by atoms with Gasteiger partial charge in [0, 0.05) is 6.42 Å². The number of cyclic esters (lactones) is 2. The maximum atomic E-state index is 11.3. The van der Waals surface area contributed by atoms with Crippen LogP contribution in [-0.2, 0) is 22.4 Å². The highest BCUT2D eigenvalue weighted by Crippen LogP contribution is 2.25. The van der Waals surface area contributed by atoms with Crippen molar-refractivity contribution in [3.63, 3.8) is 0 Å². The fourth-order valence-electron chi connectivity index (χ4n) is 1.44. The highest BCUT2D eigenvalue weighted by Gasteiger charge is 2.29. The van der Waals surface area contributed by atoms with E-state index in [1.165, 1.54) is 11.3 Å². The SMILES string of the molecule is CC(C)Cc1nc2c(s1)CC(=O)OC2=O. The van der Waals surface area contributed by atoms with Crippen molar-refractivity contribution in [2.45, 2.75) is 26.7 Å². The van der Waals surface area contributed by atoms with Crippen molar-refractivity contribution in [2.24, 2.45) is 5.92 Å². The molecule has 80 valence electrons. The van der Waals surface area contributed by atoms with Crippen molar-refractivity contribution in [3.8, 4) is 0 Å². The first-order chi connectivity index (χ1) is 7.06. The first-order valence-corrected chi connectivity index (χ1v) is 5.61. The fraction of sp³-hybridized carbons (Fsp3) is 0.500. The number of carbonyl (C=O) groups is 2. The van der Waals surface area contributed by atoms with Gasteiger partial charge in [-0.3, -0.25) is 4.79 Å². The third-order valence-corrected chi connectivity index (χ3v) is 3.11. The number of thiazole rings is 1. The minimum atomic E-state index is -0.604. The Bertz CT molecular complexity index is 422. The van der Waals surface area contributed by atoms with E-state index in [0.29, 0.717) is 11.6 Å². The quantitative estimate of drug-likeness (QED) is 0.566. The summed E-state index contributed by atoms with van der Waals surface area (Å²) < 4.78 is 4.50. The number of hydrogen-bond acceptors (Lipinski definition) is 5. The Morgan fingerprint density at radius 1 is 1.47 bits per heavy atom. The van der Waals surface area contributed by atoms with E-state index in [-0.39, 0.29) is 6.42 Å². The lowest BCUT2D eigenvalue weighted by molar-refractivity contribution is -0.137.